The van der Waals surface area contributed by atoms with Gasteiger partial charge in [-0.05, 0) is 70.1 Å². The van der Waals surface area contributed by atoms with E-state index in [0.29, 0.717) is 26.2 Å². The second kappa shape index (κ2) is 11.4. The van der Waals surface area contributed by atoms with E-state index in [9.17, 15) is 24.5 Å². The molecule has 0 unspecified atom stereocenters. The molecule has 0 spiro atoms. The van der Waals surface area contributed by atoms with Crippen LogP contribution in [0.25, 0.3) is 6.08 Å². The summed E-state index contributed by atoms with van der Waals surface area (Å²) >= 11 is 14.0. The first-order valence-corrected chi connectivity index (χ1v) is 12.5. The third kappa shape index (κ3) is 5.74. The van der Waals surface area contributed by atoms with Crippen molar-refractivity contribution in [3.05, 3.63) is 95.0 Å². The van der Waals surface area contributed by atoms with Crippen molar-refractivity contribution in [2.75, 3.05) is 12.0 Å². The van der Waals surface area contributed by atoms with Gasteiger partial charge in [0.2, 0.25) is 0 Å². The van der Waals surface area contributed by atoms with Crippen LogP contribution in [0.2, 0.25) is 10.0 Å². The highest BCUT2D eigenvalue weighted by Crippen LogP contribution is 2.36. The molecule has 1 saturated heterocycles. The van der Waals surface area contributed by atoms with E-state index in [1.165, 1.54) is 43.5 Å². The van der Waals surface area contributed by atoms with Crippen molar-refractivity contribution < 1.29 is 28.8 Å². The first-order chi connectivity index (χ1) is 18.1. The van der Waals surface area contributed by atoms with Crippen LogP contribution in [0.1, 0.15) is 11.1 Å². The first kappa shape index (κ1) is 27.4. The summed E-state index contributed by atoms with van der Waals surface area (Å²) in [5.41, 5.74) is 0.797. The zero-order valence-electron chi connectivity index (χ0n) is 19.4. The number of nitro groups is 1. The molecule has 0 aliphatic carbocycles. The fourth-order valence-corrected chi connectivity index (χ4v) is 4.63. The lowest BCUT2D eigenvalue weighted by atomic mass is 10.1. The fourth-order valence-electron chi connectivity index (χ4n) is 3.56. The maximum atomic E-state index is 13.2. The number of hydrogen-bond donors (Lipinski definition) is 1. The molecule has 0 saturated carbocycles. The fraction of sp³-hybridized carbons (Fsp3) is 0.0800. The quantitative estimate of drug-likeness (QED) is 0.112. The van der Waals surface area contributed by atoms with Crippen molar-refractivity contribution in [2.45, 2.75) is 6.61 Å². The molecule has 0 atom stereocenters. The first-order valence-electron chi connectivity index (χ1n) is 10.7. The number of nitrogens with one attached hydrogen (secondary N) is 1. The lowest BCUT2D eigenvalue weighted by Crippen LogP contribution is -2.54. The number of nitro benzene ring substituents is 1. The minimum atomic E-state index is -0.924. The van der Waals surface area contributed by atoms with Gasteiger partial charge in [-0.1, -0.05) is 35.3 Å². The zero-order valence-corrected chi connectivity index (χ0v) is 23.0. The summed E-state index contributed by atoms with van der Waals surface area (Å²) in [5.74, 6) is -1.04. The van der Waals surface area contributed by atoms with Gasteiger partial charge >= 0.3 is 6.03 Å². The Labute approximate surface area is 239 Å². The molecule has 1 heterocycles. The minimum Gasteiger partial charge on any atom is -0.493 e. The maximum Gasteiger partial charge on any atom is 0.335 e. The molecule has 4 rings (SSSR count). The topological polar surface area (TPSA) is 128 Å². The summed E-state index contributed by atoms with van der Waals surface area (Å²) in [4.78, 5) is 49.5. The molecule has 13 heteroatoms. The number of imide groups is 2. The average Bonchev–Trinajstić information content (AvgIpc) is 2.87. The number of hydrogen-bond acceptors (Lipinski definition) is 7. The average molecular weight is 668 g/mol. The second-order valence-corrected chi connectivity index (χ2v) is 9.78. The molecule has 1 N–H and O–H groups in total. The van der Waals surface area contributed by atoms with Gasteiger partial charge in [0.25, 0.3) is 17.5 Å². The van der Waals surface area contributed by atoms with Crippen molar-refractivity contribution in [3.63, 3.8) is 0 Å². The van der Waals surface area contributed by atoms with Crippen LogP contribution in [0.5, 0.6) is 11.5 Å². The Kier molecular flexibility index (Phi) is 8.19. The molecular formula is C25H16Cl2IN3O7. The number of urea groups is 1. The molecule has 3 aromatic carbocycles. The molecule has 1 aliphatic rings. The van der Waals surface area contributed by atoms with Gasteiger partial charge in [0.05, 0.1) is 31.3 Å². The molecule has 0 radical (unpaired) electrons. The van der Waals surface area contributed by atoms with Crippen molar-refractivity contribution in [1.82, 2.24) is 5.32 Å². The number of barbiturate groups is 1. The van der Waals surface area contributed by atoms with Crippen LogP contribution in [0.4, 0.5) is 16.2 Å². The number of benzene rings is 3. The number of halogens is 3. The van der Waals surface area contributed by atoms with Gasteiger partial charge in [-0.25, -0.2) is 9.69 Å². The number of carbonyl (C=O) groups excluding carboxylic acids is 3. The molecule has 4 amide bonds. The van der Waals surface area contributed by atoms with E-state index in [0.717, 1.165) is 4.90 Å². The third-order valence-corrected chi connectivity index (χ3v) is 6.87. The van der Waals surface area contributed by atoms with E-state index in [1.54, 1.807) is 24.3 Å². The van der Waals surface area contributed by atoms with E-state index >= 15 is 0 Å². The highest BCUT2D eigenvalue weighted by atomic mass is 127. The van der Waals surface area contributed by atoms with E-state index < -0.39 is 22.8 Å². The maximum absolute atomic E-state index is 13.2. The van der Waals surface area contributed by atoms with E-state index in [1.807, 2.05) is 22.6 Å². The number of rotatable bonds is 7. The summed E-state index contributed by atoms with van der Waals surface area (Å²) < 4.78 is 11.9. The number of ether oxygens (including phenoxy) is 2. The van der Waals surface area contributed by atoms with Crippen molar-refractivity contribution in [1.29, 1.82) is 0 Å². The van der Waals surface area contributed by atoms with Crippen molar-refractivity contribution >= 4 is 81.1 Å². The molecular weight excluding hydrogens is 652 g/mol. The predicted molar refractivity (Wildman–Crippen MR) is 149 cm³/mol. The number of nitrogens with zero attached hydrogens (tertiary/aromatic N) is 2. The van der Waals surface area contributed by atoms with Crippen LogP contribution in [0, 0.1) is 13.7 Å². The Balaban J connectivity index is 1.63. The second-order valence-electron chi connectivity index (χ2n) is 7.81. The van der Waals surface area contributed by atoms with E-state index in [-0.39, 0.29) is 33.6 Å². The molecule has 1 fully saturated rings. The normalized spacial score (nSPS) is 14.5. The zero-order chi connectivity index (χ0) is 27.6. The van der Waals surface area contributed by atoms with E-state index in [4.69, 9.17) is 32.7 Å². The monoisotopic (exact) mass is 667 g/mol. The molecule has 10 nitrogen and oxygen atoms in total. The number of methoxy groups -OCH3 is 1. The van der Waals surface area contributed by atoms with Gasteiger partial charge in [0, 0.05) is 12.1 Å². The number of amides is 4. The smallest absolute Gasteiger partial charge is 0.335 e. The summed E-state index contributed by atoms with van der Waals surface area (Å²) in [6, 6.07) is 12.5. The van der Waals surface area contributed by atoms with Gasteiger partial charge < -0.3 is 9.47 Å². The predicted octanol–water partition coefficient (Wildman–Crippen LogP) is 5.76. The van der Waals surface area contributed by atoms with Crippen molar-refractivity contribution in [3.8, 4) is 11.5 Å². The number of carbonyl (C=O) groups is 3. The van der Waals surface area contributed by atoms with Gasteiger partial charge in [-0.3, -0.25) is 25.0 Å². The van der Waals surface area contributed by atoms with Gasteiger partial charge in [0.1, 0.15) is 12.2 Å². The molecule has 3 aromatic rings. The van der Waals surface area contributed by atoms with Gasteiger partial charge in [-0.15, -0.1) is 0 Å². The third-order valence-electron chi connectivity index (χ3n) is 5.33. The van der Waals surface area contributed by atoms with Crippen LogP contribution >= 0.6 is 45.8 Å². The van der Waals surface area contributed by atoms with Crippen LogP contribution in [-0.4, -0.2) is 29.9 Å². The van der Waals surface area contributed by atoms with Crippen molar-refractivity contribution in [2.24, 2.45) is 0 Å². The molecule has 0 bridgehead atoms. The molecule has 0 aromatic heterocycles. The summed E-state index contributed by atoms with van der Waals surface area (Å²) in [7, 11) is 1.42. The Morgan fingerprint density at radius 3 is 2.53 bits per heavy atom. The Hall–Kier alpha value is -3.68. The van der Waals surface area contributed by atoms with Crippen LogP contribution < -0.4 is 19.7 Å². The summed E-state index contributed by atoms with van der Waals surface area (Å²) in [5, 5.41) is 13.5. The van der Waals surface area contributed by atoms with Gasteiger partial charge in [-0.2, -0.15) is 0 Å². The SMILES string of the molecule is COc1cc(/C=C2\C(=O)NC(=O)N(c3ccc(Cl)c(Cl)c3)C2=O)cc(I)c1OCc1cccc([N+](=O)[O-])c1. The largest absolute Gasteiger partial charge is 0.493 e. The number of non-ortho nitro benzene ring substituents is 1. The molecule has 194 valence electrons. The molecule has 1 aliphatic heterocycles. The Bertz CT molecular complexity index is 1530. The highest BCUT2D eigenvalue weighted by molar-refractivity contribution is 14.1. The Morgan fingerprint density at radius 2 is 1.84 bits per heavy atom. The summed E-state index contributed by atoms with van der Waals surface area (Å²) in [6.45, 7) is 0.0378. The highest BCUT2D eigenvalue weighted by Gasteiger charge is 2.37. The summed E-state index contributed by atoms with van der Waals surface area (Å²) in [6.07, 6.45) is 1.32. The lowest BCUT2D eigenvalue weighted by molar-refractivity contribution is -0.384. The number of anilines is 1. The molecule has 38 heavy (non-hydrogen) atoms. The van der Waals surface area contributed by atoms with Crippen LogP contribution in [0.15, 0.2) is 60.2 Å². The Morgan fingerprint density at radius 1 is 1.08 bits per heavy atom. The van der Waals surface area contributed by atoms with Crippen LogP contribution in [0.3, 0.4) is 0 Å². The lowest BCUT2D eigenvalue weighted by Gasteiger charge is -2.26. The standard InChI is InChI=1S/C25H16Cl2IN3O7/c1-37-21-10-14(9-20(28)22(21)38-12-13-3-2-4-16(7-13)31(35)36)8-17-23(32)29-25(34)30(24(17)33)15-5-6-18(26)19(27)11-15/h2-11H,12H2,1H3,(H,29,32,34)/b17-8+. The van der Waals surface area contributed by atoms with Gasteiger partial charge in [0.15, 0.2) is 11.5 Å². The van der Waals surface area contributed by atoms with Crippen LogP contribution in [-0.2, 0) is 16.2 Å². The minimum absolute atomic E-state index is 0.0378. The van der Waals surface area contributed by atoms with E-state index in [2.05, 4.69) is 5.32 Å².